The molecule has 2 atom stereocenters. The van der Waals surface area contributed by atoms with Crippen molar-refractivity contribution in [2.24, 2.45) is 0 Å². The summed E-state index contributed by atoms with van der Waals surface area (Å²) in [4.78, 5) is 0.975. The molecule has 0 spiro atoms. The molecule has 0 aliphatic rings. The van der Waals surface area contributed by atoms with E-state index in [-0.39, 0.29) is 25.8 Å². The van der Waals surface area contributed by atoms with Crippen molar-refractivity contribution in [1.29, 1.82) is 0 Å². The number of rotatable bonds is 6. The van der Waals surface area contributed by atoms with Crippen LogP contribution in [0.5, 0.6) is 0 Å². The van der Waals surface area contributed by atoms with Gasteiger partial charge in [0, 0.05) is 0 Å². The van der Waals surface area contributed by atoms with Gasteiger partial charge in [0.15, 0.2) is 0 Å². The zero-order valence-electron chi connectivity index (χ0n) is 14.1. The molecule has 0 aliphatic heterocycles. The van der Waals surface area contributed by atoms with Gasteiger partial charge in [-0.15, -0.1) is 0 Å². The molecular formula is C19H24O2SSe. The molecule has 0 saturated carbocycles. The van der Waals surface area contributed by atoms with E-state index in [4.69, 9.17) is 4.74 Å². The van der Waals surface area contributed by atoms with Gasteiger partial charge in [-0.2, -0.15) is 0 Å². The minimum absolute atomic E-state index is 0.0901. The summed E-state index contributed by atoms with van der Waals surface area (Å²) in [6.07, 6.45) is 0.0901. The SMILES string of the molecule is COC(C[Se]c1ccccc1S(=O)C(C)(C)C)c1ccccc1. The van der Waals surface area contributed by atoms with Gasteiger partial charge in [0.25, 0.3) is 0 Å². The maximum atomic E-state index is 12.8. The summed E-state index contributed by atoms with van der Waals surface area (Å²) in [6, 6.07) is 18.4. The first kappa shape index (κ1) is 18.4. The van der Waals surface area contributed by atoms with Gasteiger partial charge < -0.3 is 0 Å². The van der Waals surface area contributed by atoms with Crippen molar-refractivity contribution in [2.45, 2.75) is 41.8 Å². The minimum atomic E-state index is -0.999. The van der Waals surface area contributed by atoms with E-state index in [1.54, 1.807) is 7.11 Å². The number of hydrogen-bond donors (Lipinski definition) is 0. The van der Waals surface area contributed by atoms with Crippen LogP contribution in [-0.4, -0.2) is 31.0 Å². The second-order valence-corrected chi connectivity index (χ2v) is 10.7. The topological polar surface area (TPSA) is 26.3 Å². The van der Waals surface area contributed by atoms with E-state index in [0.29, 0.717) is 0 Å². The van der Waals surface area contributed by atoms with E-state index in [0.717, 1.165) is 10.2 Å². The maximum absolute atomic E-state index is 12.8. The Morgan fingerprint density at radius 3 is 2.26 bits per heavy atom. The molecule has 0 heterocycles. The second-order valence-electron chi connectivity index (χ2n) is 6.27. The van der Waals surface area contributed by atoms with Crippen LogP contribution in [-0.2, 0) is 15.5 Å². The van der Waals surface area contributed by atoms with Crippen molar-refractivity contribution in [3.8, 4) is 0 Å². The molecule has 2 nitrogen and oxygen atoms in total. The average Bonchev–Trinajstić information content (AvgIpc) is 2.55. The molecule has 0 fully saturated rings. The first-order valence-electron chi connectivity index (χ1n) is 7.65. The number of benzene rings is 2. The molecule has 0 saturated heterocycles. The Labute approximate surface area is 148 Å². The van der Waals surface area contributed by atoms with Gasteiger partial charge in [0.05, 0.1) is 0 Å². The van der Waals surface area contributed by atoms with Crippen molar-refractivity contribution in [2.75, 3.05) is 7.11 Å². The quantitative estimate of drug-likeness (QED) is 0.697. The summed E-state index contributed by atoms with van der Waals surface area (Å²) in [5.74, 6) is 0. The number of ether oxygens (including phenoxy) is 1. The standard InChI is InChI=1S/C19H24O2SSe/c1-19(2,3)22(20)17-12-8-9-13-18(17)23-14-16(21-4)15-10-6-5-7-11-15/h5-13,16H,14H2,1-4H3. The normalized spacial score (nSPS) is 14.4. The van der Waals surface area contributed by atoms with E-state index in [2.05, 4.69) is 18.2 Å². The fourth-order valence-corrected chi connectivity index (χ4v) is 6.27. The summed E-state index contributed by atoms with van der Waals surface area (Å²) in [5.41, 5.74) is 1.20. The van der Waals surface area contributed by atoms with Crippen LogP contribution in [0.15, 0.2) is 59.5 Å². The fourth-order valence-electron chi connectivity index (χ4n) is 2.19. The summed E-state index contributed by atoms with van der Waals surface area (Å²) in [5, 5.41) is 0.936. The molecule has 2 aromatic rings. The molecule has 2 rings (SSSR count). The van der Waals surface area contributed by atoms with Gasteiger partial charge in [-0.05, 0) is 0 Å². The molecule has 0 aromatic heterocycles. The average molecular weight is 395 g/mol. The molecule has 23 heavy (non-hydrogen) atoms. The summed E-state index contributed by atoms with van der Waals surface area (Å²) < 4.78 is 19.4. The van der Waals surface area contributed by atoms with Crippen molar-refractivity contribution in [3.05, 3.63) is 60.2 Å². The van der Waals surface area contributed by atoms with Crippen LogP contribution in [0.25, 0.3) is 0 Å². The van der Waals surface area contributed by atoms with Crippen molar-refractivity contribution < 1.29 is 8.95 Å². The van der Waals surface area contributed by atoms with Gasteiger partial charge in [-0.1, -0.05) is 0 Å². The fraction of sp³-hybridized carbons (Fsp3) is 0.368. The Balaban J connectivity index is 2.16. The third kappa shape index (κ3) is 5.02. The number of methoxy groups -OCH3 is 1. The van der Waals surface area contributed by atoms with Crippen molar-refractivity contribution >= 4 is 30.2 Å². The van der Waals surface area contributed by atoms with Crippen molar-refractivity contribution in [3.63, 3.8) is 0 Å². The van der Waals surface area contributed by atoms with E-state index in [9.17, 15) is 4.21 Å². The van der Waals surface area contributed by atoms with Crippen LogP contribution in [0, 0.1) is 0 Å². The monoisotopic (exact) mass is 396 g/mol. The Morgan fingerprint density at radius 2 is 1.65 bits per heavy atom. The van der Waals surface area contributed by atoms with E-state index < -0.39 is 10.8 Å². The molecule has 0 radical (unpaired) electrons. The van der Waals surface area contributed by atoms with Crippen LogP contribution < -0.4 is 4.46 Å². The molecule has 0 aliphatic carbocycles. The first-order chi connectivity index (χ1) is 10.9. The van der Waals surface area contributed by atoms with Crippen LogP contribution in [0.1, 0.15) is 32.4 Å². The van der Waals surface area contributed by atoms with Gasteiger partial charge in [-0.25, -0.2) is 0 Å². The van der Waals surface area contributed by atoms with Crippen LogP contribution in [0.4, 0.5) is 0 Å². The van der Waals surface area contributed by atoms with Gasteiger partial charge in [0.1, 0.15) is 0 Å². The predicted octanol–water partition coefficient (Wildman–Crippen LogP) is 3.73. The van der Waals surface area contributed by atoms with Crippen molar-refractivity contribution in [1.82, 2.24) is 0 Å². The molecule has 0 N–H and O–H groups in total. The third-order valence-electron chi connectivity index (χ3n) is 3.45. The Bertz CT molecular complexity index is 650. The van der Waals surface area contributed by atoms with Gasteiger partial charge in [0.2, 0.25) is 0 Å². The second kappa shape index (κ2) is 8.25. The molecule has 0 amide bonds. The van der Waals surface area contributed by atoms with E-state index in [1.165, 1.54) is 10.0 Å². The Hall–Kier alpha value is -0.931. The van der Waals surface area contributed by atoms with Crippen LogP contribution in [0.3, 0.4) is 0 Å². The third-order valence-corrected chi connectivity index (χ3v) is 7.99. The van der Waals surface area contributed by atoms with Gasteiger partial charge >= 0.3 is 148 Å². The molecule has 4 heteroatoms. The summed E-state index contributed by atoms with van der Waals surface area (Å²) in [6.45, 7) is 6.07. The molecular weight excluding hydrogens is 371 g/mol. The van der Waals surface area contributed by atoms with Crippen LogP contribution >= 0.6 is 0 Å². The predicted molar refractivity (Wildman–Crippen MR) is 99.0 cm³/mol. The number of hydrogen-bond acceptors (Lipinski definition) is 2. The summed E-state index contributed by atoms with van der Waals surface area (Å²) in [7, 11) is 0.758. The zero-order chi connectivity index (χ0) is 16.9. The zero-order valence-corrected chi connectivity index (χ0v) is 16.6. The Kier molecular flexibility index (Phi) is 6.60. The van der Waals surface area contributed by atoms with Crippen LogP contribution in [0.2, 0.25) is 5.32 Å². The Morgan fingerprint density at radius 1 is 1.04 bits per heavy atom. The van der Waals surface area contributed by atoms with E-state index >= 15 is 0 Å². The molecule has 0 bridgehead atoms. The summed E-state index contributed by atoms with van der Waals surface area (Å²) >= 11 is 0.216. The first-order valence-corrected chi connectivity index (χ1v) is 10.9. The molecule has 2 unspecified atom stereocenters. The van der Waals surface area contributed by atoms with E-state index in [1.807, 2.05) is 57.2 Å². The molecule has 124 valence electrons. The van der Waals surface area contributed by atoms with Gasteiger partial charge in [-0.3, -0.25) is 0 Å². The molecule has 2 aromatic carbocycles.